The topological polar surface area (TPSA) is 112 Å². The van der Waals surface area contributed by atoms with Crippen LogP contribution < -0.4 is 0 Å². The summed E-state index contributed by atoms with van der Waals surface area (Å²) in [6.07, 6.45) is 3.94. The minimum atomic E-state index is -2.07. The molecule has 0 radical (unpaired) electrons. The molecular weight excluding hydrogens is 639 g/mol. The van der Waals surface area contributed by atoms with Gasteiger partial charge in [0.15, 0.2) is 8.32 Å². The lowest BCUT2D eigenvalue weighted by atomic mass is 9.82. The van der Waals surface area contributed by atoms with Gasteiger partial charge in [-0.25, -0.2) is 0 Å². The van der Waals surface area contributed by atoms with Gasteiger partial charge in [-0.2, -0.15) is 0 Å². The van der Waals surface area contributed by atoms with Gasteiger partial charge in [-0.05, 0) is 42.5 Å². The Hall–Kier alpha value is -2.53. The molecule has 1 rings (SSSR count). The first-order valence-electron chi connectivity index (χ1n) is 18.4. The highest BCUT2D eigenvalue weighted by molar-refractivity contribution is 6.73. The fourth-order valence-corrected chi connectivity index (χ4v) is 9.33. The van der Waals surface area contributed by atoms with Crippen molar-refractivity contribution < 1.29 is 38.1 Å². The number of esters is 2. The van der Waals surface area contributed by atoms with E-state index in [1.54, 1.807) is 13.2 Å². The van der Waals surface area contributed by atoms with Gasteiger partial charge in [-0.3, -0.25) is 14.4 Å². The molecule has 1 N–H and O–H groups in total. The van der Waals surface area contributed by atoms with Gasteiger partial charge in [0.1, 0.15) is 12.2 Å². The number of rotatable bonds is 25. The molecule has 0 heterocycles. The fraction of sp³-hybridized carbons (Fsp3) is 0.718. The second-order valence-corrected chi connectivity index (χ2v) is 18.9. The Balaban J connectivity index is 3.25. The maximum atomic E-state index is 13.0. The van der Waals surface area contributed by atoms with Crippen LogP contribution in [0, 0.1) is 29.6 Å². The quantitative estimate of drug-likeness (QED) is 0.0476. The molecule has 0 bridgehead atoms. The van der Waals surface area contributed by atoms with Crippen LogP contribution in [0.3, 0.4) is 0 Å². The third-order valence-electron chi connectivity index (χ3n) is 10.0. The predicted molar refractivity (Wildman–Crippen MR) is 198 cm³/mol. The summed E-state index contributed by atoms with van der Waals surface area (Å²) >= 11 is 0. The van der Waals surface area contributed by atoms with Gasteiger partial charge in [0, 0.05) is 44.3 Å². The van der Waals surface area contributed by atoms with Gasteiger partial charge in [0.25, 0.3) is 0 Å². The lowest BCUT2D eigenvalue weighted by Crippen LogP contribution is -2.48. The van der Waals surface area contributed by atoms with Crippen molar-refractivity contribution in [2.24, 2.45) is 29.6 Å². The average Bonchev–Trinajstić information content (AvgIpc) is 3.09. The summed E-state index contributed by atoms with van der Waals surface area (Å²) in [7, 11) is -0.441. The number of carbonyl (C=O) groups excluding carboxylic acids is 3. The lowest BCUT2D eigenvalue weighted by Gasteiger charge is -2.41. The Morgan fingerprint density at radius 2 is 1.49 bits per heavy atom. The molecule has 0 saturated heterocycles. The smallest absolute Gasteiger partial charge is 0.308 e. The Morgan fingerprint density at radius 3 is 2.02 bits per heavy atom. The van der Waals surface area contributed by atoms with Crippen LogP contribution in [0.15, 0.2) is 42.6 Å². The summed E-state index contributed by atoms with van der Waals surface area (Å²) in [5.41, 5.74) is 1.09. The summed E-state index contributed by atoms with van der Waals surface area (Å²) in [5, 5.41) is 11.4. The highest BCUT2D eigenvalue weighted by Crippen LogP contribution is 2.35. The largest absolute Gasteiger partial charge is 0.462 e. The van der Waals surface area contributed by atoms with Gasteiger partial charge < -0.3 is 28.6 Å². The molecule has 0 unspecified atom stereocenters. The molecule has 49 heavy (non-hydrogen) atoms. The SMILES string of the molecule is CC[Si](CC)(CC)O[C@H]([C@H](C)[C@H](CCOCc1ccccc1)OC(=O)C(C)C)[C@@H](C)CC[C@@H](O)[C@H](C)[C@H](OC(C)=O)[C@H](C)/C=C\N(C)C=O. The fourth-order valence-electron chi connectivity index (χ4n) is 6.30. The van der Waals surface area contributed by atoms with Crippen LogP contribution in [0.4, 0.5) is 0 Å². The van der Waals surface area contributed by atoms with Gasteiger partial charge in [0.2, 0.25) is 6.41 Å². The van der Waals surface area contributed by atoms with Crippen molar-refractivity contribution in [1.82, 2.24) is 4.90 Å². The Kier molecular flexibility index (Phi) is 20.9. The third kappa shape index (κ3) is 15.5. The zero-order valence-electron chi connectivity index (χ0n) is 32.2. The Labute approximate surface area is 298 Å². The highest BCUT2D eigenvalue weighted by Gasteiger charge is 2.40. The second-order valence-electron chi connectivity index (χ2n) is 14.2. The van der Waals surface area contributed by atoms with Crippen molar-refractivity contribution in [2.75, 3.05) is 13.7 Å². The number of amides is 1. The van der Waals surface area contributed by atoms with Gasteiger partial charge in [-0.1, -0.05) is 98.7 Å². The molecule has 8 atom stereocenters. The van der Waals surface area contributed by atoms with Crippen LogP contribution in [0.2, 0.25) is 18.1 Å². The predicted octanol–water partition coefficient (Wildman–Crippen LogP) is 7.77. The van der Waals surface area contributed by atoms with Crippen molar-refractivity contribution in [3.05, 3.63) is 48.2 Å². The maximum Gasteiger partial charge on any atom is 0.308 e. The number of nitrogens with zero attached hydrogens (tertiary/aromatic N) is 1. The number of ether oxygens (including phenoxy) is 3. The highest BCUT2D eigenvalue weighted by atomic mass is 28.4. The third-order valence-corrected chi connectivity index (χ3v) is 14.7. The first-order chi connectivity index (χ1) is 23.1. The van der Waals surface area contributed by atoms with E-state index in [9.17, 15) is 19.5 Å². The molecule has 0 saturated carbocycles. The van der Waals surface area contributed by atoms with E-state index in [0.29, 0.717) is 38.9 Å². The molecular formula is C39H67NO8Si. The lowest BCUT2D eigenvalue weighted by molar-refractivity contribution is -0.159. The van der Waals surface area contributed by atoms with Crippen molar-refractivity contribution >= 4 is 26.7 Å². The summed E-state index contributed by atoms with van der Waals surface area (Å²) in [6.45, 7) is 20.7. The van der Waals surface area contributed by atoms with Crippen molar-refractivity contribution in [3.8, 4) is 0 Å². The minimum Gasteiger partial charge on any atom is -0.462 e. The molecule has 0 aromatic heterocycles. The van der Waals surface area contributed by atoms with Crippen LogP contribution in [0.1, 0.15) is 94.1 Å². The Morgan fingerprint density at radius 1 is 0.878 bits per heavy atom. The number of benzene rings is 1. The van der Waals surface area contributed by atoms with E-state index < -0.39 is 32.6 Å². The molecule has 280 valence electrons. The van der Waals surface area contributed by atoms with Crippen LogP contribution in [-0.4, -0.2) is 74.7 Å². The normalized spacial score (nSPS) is 17.1. The number of aliphatic hydroxyl groups is 1. The molecule has 1 aromatic carbocycles. The zero-order chi connectivity index (χ0) is 37.1. The van der Waals surface area contributed by atoms with Gasteiger partial charge in [0.05, 0.1) is 31.3 Å². The number of aliphatic hydroxyl groups excluding tert-OH is 1. The monoisotopic (exact) mass is 705 g/mol. The maximum absolute atomic E-state index is 13.0. The molecule has 0 fully saturated rings. The molecule has 0 aliphatic carbocycles. The van der Waals surface area contributed by atoms with E-state index in [4.69, 9.17) is 18.6 Å². The molecule has 1 amide bonds. The second kappa shape index (κ2) is 23.0. The number of carbonyl (C=O) groups is 3. The van der Waals surface area contributed by atoms with E-state index >= 15 is 0 Å². The van der Waals surface area contributed by atoms with Gasteiger partial charge in [-0.15, -0.1) is 0 Å². The summed E-state index contributed by atoms with van der Waals surface area (Å²) in [4.78, 5) is 37.4. The number of hydrogen-bond donors (Lipinski definition) is 1. The molecule has 9 nitrogen and oxygen atoms in total. The molecule has 1 aromatic rings. The summed E-state index contributed by atoms with van der Waals surface area (Å²) < 4.78 is 25.1. The van der Waals surface area contributed by atoms with E-state index in [2.05, 4.69) is 34.6 Å². The first kappa shape index (κ1) is 44.5. The van der Waals surface area contributed by atoms with Gasteiger partial charge >= 0.3 is 11.9 Å². The van der Waals surface area contributed by atoms with Crippen molar-refractivity contribution in [2.45, 2.75) is 138 Å². The van der Waals surface area contributed by atoms with Crippen LogP contribution >= 0.6 is 0 Å². The van der Waals surface area contributed by atoms with Crippen LogP contribution in [0.5, 0.6) is 0 Å². The molecule has 0 spiro atoms. The standard InChI is InChI=1S/C39H67NO8Si/c1-12-49(13-2,14-3)48-38(32(9)36(47-39(44)28(4)5)23-25-45-26-34-18-16-15-17-19-34)29(6)20-21-35(43)31(8)37(46-33(10)42)30(7)22-24-40(11)27-41/h15-19,22,24,27-32,35-38,43H,12-14,20-21,23,25-26H2,1-11H3/b24-22-/t29-,30+,31-,32+,35+,36-,37+,38-/m0/s1. The van der Waals surface area contributed by atoms with Crippen LogP contribution in [0.25, 0.3) is 0 Å². The van der Waals surface area contributed by atoms with E-state index in [-0.39, 0.29) is 41.7 Å². The van der Waals surface area contributed by atoms with Crippen molar-refractivity contribution in [1.29, 1.82) is 0 Å². The Bertz CT molecular complexity index is 1100. The van der Waals surface area contributed by atoms with Crippen LogP contribution in [-0.2, 0) is 39.6 Å². The first-order valence-corrected chi connectivity index (χ1v) is 20.9. The summed E-state index contributed by atoms with van der Waals surface area (Å²) in [5.74, 6) is -1.56. The van der Waals surface area contributed by atoms with Crippen molar-refractivity contribution in [3.63, 3.8) is 0 Å². The van der Waals surface area contributed by atoms with E-state index in [0.717, 1.165) is 23.7 Å². The average molecular weight is 706 g/mol. The zero-order valence-corrected chi connectivity index (χ0v) is 33.2. The van der Waals surface area contributed by atoms with E-state index in [1.807, 2.05) is 64.1 Å². The minimum absolute atomic E-state index is 0.0459. The molecule has 10 heteroatoms. The molecule has 0 aliphatic rings. The number of hydrogen-bond acceptors (Lipinski definition) is 8. The van der Waals surface area contributed by atoms with E-state index in [1.165, 1.54) is 11.8 Å². The summed E-state index contributed by atoms with van der Waals surface area (Å²) in [6, 6.07) is 13.0. The molecule has 0 aliphatic heterocycles.